The van der Waals surface area contributed by atoms with Gasteiger partial charge in [-0.1, -0.05) is 31.9 Å². The van der Waals surface area contributed by atoms with Gasteiger partial charge in [-0.3, -0.25) is 0 Å². The van der Waals surface area contributed by atoms with Crippen molar-refractivity contribution in [2.75, 3.05) is 5.32 Å². The number of benzene rings is 1. The van der Waals surface area contributed by atoms with Gasteiger partial charge in [0.1, 0.15) is 6.04 Å². The second kappa shape index (κ2) is 5.53. The van der Waals surface area contributed by atoms with Gasteiger partial charge in [-0.2, -0.15) is 0 Å². The number of carbonyl (C=O) groups is 1. The fourth-order valence-corrected chi connectivity index (χ4v) is 1.85. The largest absolute Gasteiger partial charge is 0.480 e. The Labute approximate surface area is 105 Å². The first-order valence-electron chi connectivity index (χ1n) is 6.15. The summed E-state index contributed by atoms with van der Waals surface area (Å²) in [7, 11) is 0. The van der Waals surface area contributed by atoms with Crippen LogP contribution in [-0.2, 0) is 4.79 Å². The van der Waals surface area contributed by atoms with E-state index in [4.69, 9.17) is 5.11 Å². The van der Waals surface area contributed by atoms with Gasteiger partial charge in [-0.25, -0.2) is 9.78 Å². The number of aromatic nitrogens is 2. The summed E-state index contributed by atoms with van der Waals surface area (Å²) in [5.74, 6) is -0.330. The van der Waals surface area contributed by atoms with Crippen molar-refractivity contribution in [3.8, 4) is 0 Å². The average molecular weight is 247 g/mol. The second-order valence-electron chi connectivity index (χ2n) is 4.28. The van der Waals surface area contributed by atoms with E-state index in [2.05, 4.69) is 15.3 Å². The monoisotopic (exact) mass is 247 g/mol. The van der Waals surface area contributed by atoms with Crippen molar-refractivity contribution >= 4 is 23.0 Å². The number of imidazole rings is 1. The Morgan fingerprint density at radius 2 is 2.28 bits per heavy atom. The number of fused-ring (bicyclic) bond motifs is 1. The molecule has 0 saturated carbocycles. The number of aliphatic carboxylic acids is 1. The van der Waals surface area contributed by atoms with Gasteiger partial charge in [0.15, 0.2) is 0 Å². The molecule has 96 valence electrons. The number of unbranched alkanes of at least 4 members (excludes halogenated alkanes) is 1. The third kappa shape index (κ3) is 2.80. The smallest absolute Gasteiger partial charge is 0.326 e. The van der Waals surface area contributed by atoms with Gasteiger partial charge < -0.3 is 15.4 Å². The molecule has 5 nitrogen and oxygen atoms in total. The van der Waals surface area contributed by atoms with Crippen LogP contribution in [0.25, 0.3) is 11.0 Å². The van der Waals surface area contributed by atoms with Crippen molar-refractivity contribution in [2.45, 2.75) is 32.2 Å². The Balaban J connectivity index is 2.12. The van der Waals surface area contributed by atoms with Crippen LogP contribution < -0.4 is 5.32 Å². The molecule has 0 fully saturated rings. The topological polar surface area (TPSA) is 78.0 Å². The molecule has 18 heavy (non-hydrogen) atoms. The maximum atomic E-state index is 11.1. The normalized spacial score (nSPS) is 12.5. The number of nitrogens with one attached hydrogen (secondary N) is 2. The Hall–Kier alpha value is -2.04. The number of hydrogen-bond donors (Lipinski definition) is 3. The zero-order valence-electron chi connectivity index (χ0n) is 10.3. The second-order valence-corrected chi connectivity index (χ2v) is 4.28. The van der Waals surface area contributed by atoms with Gasteiger partial charge in [-0.05, 0) is 18.6 Å². The summed E-state index contributed by atoms with van der Waals surface area (Å²) in [6, 6.07) is 7.02. The van der Waals surface area contributed by atoms with Crippen LogP contribution in [0.3, 0.4) is 0 Å². The third-order valence-electron chi connectivity index (χ3n) is 2.84. The number of para-hydroxylation sites is 2. The zero-order chi connectivity index (χ0) is 13.0. The molecule has 0 amide bonds. The molecule has 0 spiro atoms. The van der Waals surface area contributed by atoms with Gasteiger partial charge in [0.25, 0.3) is 0 Å². The lowest BCUT2D eigenvalue weighted by Gasteiger charge is -2.12. The molecular weight excluding hydrogens is 230 g/mol. The number of anilines is 1. The predicted octanol–water partition coefficient (Wildman–Crippen LogP) is 2.62. The van der Waals surface area contributed by atoms with Crippen molar-refractivity contribution in [3.05, 3.63) is 24.3 Å². The van der Waals surface area contributed by atoms with E-state index >= 15 is 0 Å². The van der Waals surface area contributed by atoms with E-state index < -0.39 is 12.0 Å². The van der Waals surface area contributed by atoms with Gasteiger partial charge in [0, 0.05) is 0 Å². The number of hydrogen-bond acceptors (Lipinski definition) is 3. The van der Waals surface area contributed by atoms with Crippen molar-refractivity contribution in [1.82, 2.24) is 9.97 Å². The van der Waals surface area contributed by atoms with Crippen molar-refractivity contribution in [1.29, 1.82) is 0 Å². The van der Waals surface area contributed by atoms with Gasteiger partial charge in [0.05, 0.1) is 11.0 Å². The van der Waals surface area contributed by atoms with Gasteiger partial charge >= 0.3 is 5.97 Å². The minimum absolute atomic E-state index is 0.514. The Morgan fingerprint density at radius 3 is 2.94 bits per heavy atom. The van der Waals surface area contributed by atoms with Crippen LogP contribution in [0.15, 0.2) is 24.3 Å². The first-order valence-corrected chi connectivity index (χ1v) is 6.15. The van der Waals surface area contributed by atoms with Crippen LogP contribution in [0.2, 0.25) is 0 Å². The molecule has 3 N–H and O–H groups in total. The Morgan fingerprint density at radius 1 is 1.50 bits per heavy atom. The van der Waals surface area contributed by atoms with Gasteiger partial charge in [0.2, 0.25) is 5.95 Å². The quantitative estimate of drug-likeness (QED) is 0.733. The van der Waals surface area contributed by atoms with E-state index in [1.165, 1.54) is 0 Å². The molecule has 0 aliphatic carbocycles. The molecule has 0 bridgehead atoms. The highest BCUT2D eigenvalue weighted by molar-refractivity contribution is 5.80. The molecule has 5 heteroatoms. The molecule has 1 heterocycles. The Kier molecular flexibility index (Phi) is 3.82. The molecule has 0 aliphatic rings. The summed E-state index contributed by atoms with van der Waals surface area (Å²) in [5.41, 5.74) is 1.74. The van der Waals surface area contributed by atoms with Crippen molar-refractivity contribution < 1.29 is 9.90 Å². The molecule has 0 radical (unpaired) electrons. The summed E-state index contributed by atoms with van der Waals surface area (Å²) >= 11 is 0. The number of carboxylic acid groups (broad SMARTS) is 1. The predicted molar refractivity (Wildman–Crippen MR) is 70.7 cm³/mol. The van der Waals surface area contributed by atoms with E-state index in [0.717, 1.165) is 23.9 Å². The summed E-state index contributed by atoms with van der Waals surface area (Å²) < 4.78 is 0. The molecule has 1 aromatic carbocycles. The van der Waals surface area contributed by atoms with E-state index in [9.17, 15) is 4.79 Å². The molecule has 1 atom stereocenters. The maximum absolute atomic E-state index is 11.1. The van der Waals surface area contributed by atoms with Crippen LogP contribution in [0, 0.1) is 0 Å². The average Bonchev–Trinajstić information content (AvgIpc) is 2.76. The summed E-state index contributed by atoms with van der Waals surface area (Å²) in [4.78, 5) is 18.5. The first kappa shape index (κ1) is 12.4. The SMILES string of the molecule is CCCC[C@H](Nc1nc2ccccc2[nH]1)C(=O)O. The number of nitrogens with zero attached hydrogens (tertiary/aromatic N) is 1. The Bertz CT molecular complexity index is 503. The van der Waals surface area contributed by atoms with Gasteiger partial charge in [-0.15, -0.1) is 0 Å². The number of rotatable bonds is 6. The van der Waals surface area contributed by atoms with Crippen molar-refractivity contribution in [2.24, 2.45) is 0 Å². The number of H-pyrrole nitrogens is 1. The fourth-order valence-electron chi connectivity index (χ4n) is 1.85. The van der Waals surface area contributed by atoms with Crippen LogP contribution in [0.1, 0.15) is 26.2 Å². The highest BCUT2D eigenvalue weighted by Gasteiger charge is 2.17. The summed E-state index contributed by atoms with van der Waals surface area (Å²) in [6.07, 6.45) is 2.46. The lowest BCUT2D eigenvalue weighted by molar-refractivity contribution is -0.138. The molecule has 1 aromatic heterocycles. The number of carboxylic acids is 1. The highest BCUT2D eigenvalue weighted by atomic mass is 16.4. The van der Waals surface area contributed by atoms with Crippen molar-refractivity contribution in [3.63, 3.8) is 0 Å². The standard InChI is InChI=1S/C13H17N3O2/c1-2-3-6-11(12(17)18)16-13-14-9-7-4-5-8-10(9)15-13/h4-5,7-8,11H,2-3,6H2,1H3,(H,17,18)(H2,14,15,16)/t11-/m0/s1. The van der Waals surface area contributed by atoms with E-state index in [1.54, 1.807) is 0 Å². The lowest BCUT2D eigenvalue weighted by atomic mass is 10.1. The molecule has 2 aromatic rings. The number of aromatic amines is 1. The lowest BCUT2D eigenvalue weighted by Crippen LogP contribution is -2.29. The molecular formula is C13H17N3O2. The maximum Gasteiger partial charge on any atom is 0.326 e. The third-order valence-corrected chi connectivity index (χ3v) is 2.84. The van der Waals surface area contributed by atoms with Crippen LogP contribution in [0.4, 0.5) is 5.95 Å². The first-order chi connectivity index (χ1) is 8.70. The molecule has 2 rings (SSSR count). The summed E-state index contributed by atoms with van der Waals surface area (Å²) in [5, 5.41) is 12.1. The van der Waals surface area contributed by atoms with E-state index in [1.807, 2.05) is 31.2 Å². The minimum atomic E-state index is -0.844. The fraction of sp³-hybridized carbons (Fsp3) is 0.385. The summed E-state index contributed by atoms with van der Waals surface area (Å²) in [6.45, 7) is 2.04. The molecule has 0 saturated heterocycles. The van der Waals surface area contributed by atoms with Crippen LogP contribution in [0.5, 0.6) is 0 Å². The highest BCUT2D eigenvalue weighted by Crippen LogP contribution is 2.15. The molecule has 0 unspecified atom stereocenters. The van der Waals surface area contributed by atoms with Crippen LogP contribution >= 0.6 is 0 Å². The van der Waals surface area contributed by atoms with E-state index in [-0.39, 0.29) is 0 Å². The molecule has 0 aliphatic heterocycles. The zero-order valence-corrected chi connectivity index (χ0v) is 10.3. The van der Waals surface area contributed by atoms with Crippen LogP contribution in [-0.4, -0.2) is 27.1 Å². The minimum Gasteiger partial charge on any atom is -0.480 e. The van der Waals surface area contributed by atoms with E-state index in [0.29, 0.717) is 12.4 Å².